The molecule has 3 aliphatic heterocycles. The molecule has 380 valence electrons. The lowest BCUT2D eigenvalue weighted by Gasteiger charge is -2.54. The number of hydrogen-bond acceptors (Lipinski definition) is 17. The molecule has 5 heterocycles. The highest BCUT2D eigenvalue weighted by Gasteiger charge is 2.46. The number of anilines is 4. The quantitative estimate of drug-likeness (QED) is 0.0144. The van der Waals surface area contributed by atoms with E-state index in [2.05, 4.69) is 74.4 Å². The van der Waals surface area contributed by atoms with Gasteiger partial charge >= 0.3 is 0 Å². The van der Waals surface area contributed by atoms with E-state index in [1.807, 2.05) is 96.3 Å². The van der Waals surface area contributed by atoms with E-state index in [1.54, 1.807) is 16.8 Å². The van der Waals surface area contributed by atoms with E-state index in [-0.39, 0.29) is 0 Å². The maximum atomic E-state index is 13.6. The second kappa shape index (κ2) is 22.7. The Bertz CT molecular complexity index is 3000. The van der Waals surface area contributed by atoms with E-state index in [0.717, 1.165) is 150 Å². The fraction of sp³-hybridized carbons (Fsp3) is 0.388. The Kier molecular flexibility index (Phi) is 16.4. The number of hydrogen-bond donors (Lipinski definition) is 2. The summed E-state index contributed by atoms with van der Waals surface area (Å²) in [6.45, 7) is 11.9. The molecule has 23 heteroatoms. The molecule has 3 fully saturated rings. The number of nitrogens with zero attached hydrogens (tertiary/aromatic N) is 13. The number of benzene rings is 4. The molecule has 0 bridgehead atoms. The van der Waals surface area contributed by atoms with Crippen LogP contribution in [-0.4, -0.2) is 176 Å². The van der Waals surface area contributed by atoms with Crippen molar-refractivity contribution in [1.82, 2.24) is 34.7 Å². The maximum absolute atomic E-state index is 13.6. The van der Waals surface area contributed by atoms with Crippen LogP contribution in [0.2, 0.25) is 10.3 Å². The van der Waals surface area contributed by atoms with E-state index >= 15 is 0 Å². The number of hydrazone groups is 2. The molecule has 3 aliphatic rings. The summed E-state index contributed by atoms with van der Waals surface area (Å²) >= 11 is 17.8. The Labute approximate surface area is 447 Å². The summed E-state index contributed by atoms with van der Waals surface area (Å²) in [7, 11) is 8.30. The monoisotopic (exact) mass is 1090 g/mol. The lowest BCUT2D eigenvalue weighted by molar-refractivity contribution is -1.03. The Balaban J connectivity index is 0.802. The van der Waals surface area contributed by atoms with Gasteiger partial charge < -0.3 is 32.7 Å². The molecule has 0 amide bonds. The van der Waals surface area contributed by atoms with Gasteiger partial charge in [-0.2, -0.15) is 10.2 Å². The summed E-state index contributed by atoms with van der Waals surface area (Å²) < 4.78 is 23.7. The van der Waals surface area contributed by atoms with Crippen molar-refractivity contribution in [3.8, 4) is 5.75 Å². The molecule has 2 spiro atoms. The van der Waals surface area contributed by atoms with E-state index in [0.29, 0.717) is 36.6 Å². The molecule has 17 nitrogen and oxygen atoms in total. The molecule has 0 aliphatic carbocycles. The summed E-state index contributed by atoms with van der Waals surface area (Å²) in [6.07, 6.45) is 7.22. The summed E-state index contributed by atoms with van der Waals surface area (Å²) in [5.74, 6) is 2.30. The van der Waals surface area contributed by atoms with Crippen LogP contribution in [0.1, 0.15) is 11.1 Å². The first-order valence-electron chi connectivity index (χ1n) is 23.7. The van der Waals surface area contributed by atoms with Gasteiger partial charge in [0.1, 0.15) is 53.9 Å². The fourth-order valence-electron chi connectivity index (χ4n) is 9.90. The molecule has 2 aromatic heterocycles. The second-order valence-corrected chi connectivity index (χ2v) is 22.9. The minimum absolute atomic E-state index is 0.314. The number of halogens is 2. The summed E-state index contributed by atoms with van der Waals surface area (Å²) in [5, 5.41) is 15.0. The summed E-state index contributed by atoms with van der Waals surface area (Å²) in [4.78, 5) is 31.3. The van der Waals surface area contributed by atoms with Gasteiger partial charge in [0.05, 0.1) is 80.8 Å². The third-order valence-electron chi connectivity index (χ3n) is 14.0. The van der Waals surface area contributed by atoms with Gasteiger partial charge in [-0.1, -0.05) is 95.3 Å². The third kappa shape index (κ3) is 11.3. The van der Waals surface area contributed by atoms with Crippen molar-refractivity contribution in [3.63, 3.8) is 0 Å². The van der Waals surface area contributed by atoms with E-state index in [1.165, 1.54) is 23.5 Å². The number of piperazine rings is 3. The number of thioether (sulfide) groups is 2. The standard InChI is InChI=1S/C49H61Cl2N15O2S4/c1-60(2)40-16-8-14-36-34(40)12-10-18-42(36)68-71-62(5)58-52-32-38-44(50)54-48(69-6)56-46(38)63-20-24-65(25-21-63)28-30-66(31-29-65)26-22-64(23-27-66)47-39(45(51)55-49(57-47)70-7)33-53-59-72(67)43-19-11-13-35-37(43)15-9-17-41(35)61(3)4/h8-19,32-33,58-59H,20-31H2,1-7H3/q+2/b52-32-,53-33-. The number of aromatic nitrogens is 4. The Hall–Kier alpha value is -4.84. The van der Waals surface area contributed by atoms with E-state index < -0.39 is 11.0 Å². The lowest BCUT2D eigenvalue weighted by atomic mass is 10.1. The zero-order valence-electron chi connectivity index (χ0n) is 41.6. The van der Waals surface area contributed by atoms with Gasteiger partial charge in [-0.05, 0) is 36.8 Å². The Morgan fingerprint density at radius 2 is 1.08 bits per heavy atom. The van der Waals surface area contributed by atoms with Gasteiger partial charge in [-0.3, -0.25) is 0 Å². The lowest BCUT2D eigenvalue weighted by Crippen LogP contribution is -2.73. The van der Waals surface area contributed by atoms with Gasteiger partial charge in [-0.15, -0.1) is 4.41 Å². The van der Waals surface area contributed by atoms with Crippen molar-refractivity contribution in [1.29, 1.82) is 0 Å². The molecule has 3 saturated heterocycles. The number of fused-ring (bicyclic) bond motifs is 2. The molecule has 4 aromatic carbocycles. The highest BCUT2D eigenvalue weighted by molar-refractivity contribution is 7.98. The minimum Gasteiger partial charge on any atom is -0.408 e. The molecular weight excluding hydrogens is 1030 g/mol. The number of rotatable bonds is 16. The number of hydrazine groups is 1. The fourth-order valence-corrected chi connectivity index (χ4v) is 12.4. The van der Waals surface area contributed by atoms with Crippen LogP contribution in [0, 0.1) is 0 Å². The first-order chi connectivity index (χ1) is 34.8. The molecular formula is C49H61Cl2N15O2S4+2. The highest BCUT2D eigenvalue weighted by Crippen LogP contribution is 2.36. The first kappa shape index (κ1) is 52.0. The molecule has 9 rings (SSSR count). The van der Waals surface area contributed by atoms with Crippen LogP contribution in [0.3, 0.4) is 0 Å². The van der Waals surface area contributed by atoms with E-state index in [9.17, 15) is 4.21 Å². The van der Waals surface area contributed by atoms with Crippen molar-refractivity contribution in [2.45, 2.75) is 15.2 Å². The normalized spacial score (nSPS) is 17.2. The average molecular weight is 1090 g/mol. The number of quaternary nitrogens is 2. The van der Waals surface area contributed by atoms with Crippen LogP contribution in [0.4, 0.5) is 23.0 Å². The van der Waals surface area contributed by atoms with Gasteiger partial charge in [-0.25, -0.2) is 34.5 Å². The highest BCUT2D eigenvalue weighted by atomic mass is 35.5. The maximum Gasteiger partial charge on any atom is 0.190 e. The second-order valence-electron chi connectivity index (χ2n) is 18.6. The van der Waals surface area contributed by atoms with Crippen LogP contribution in [0.15, 0.2) is 98.2 Å². The topological polar surface area (TPSA) is 143 Å². The zero-order chi connectivity index (χ0) is 50.6. The third-order valence-corrected chi connectivity index (χ3v) is 17.3. The van der Waals surface area contributed by atoms with Gasteiger partial charge in [0, 0.05) is 68.2 Å². The molecule has 0 saturated carbocycles. The van der Waals surface area contributed by atoms with Crippen LogP contribution < -0.4 is 34.1 Å². The minimum atomic E-state index is -1.62. The van der Waals surface area contributed by atoms with Crippen LogP contribution in [0.25, 0.3) is 21.5 Å². The molecule has 0 radical (unpaired) electrons. The van der Waals surface area contributed by atoms with Crippen molar-refractivity contribution in [3.05, 3.63) is 94.2 Å². The molecule has 72 heavy (non-hydrogen) atoms. The van der Waals surface area contributed by atoms with Gasteiger partial charge in [0.15, 0.2) is 33.5 Å². The summed E-state index contributed by atoms with van der Waals surface area (Å²) in [6, 6.07) is 24.1. The van der Waals surface area contributed by atoms with Crippen molar-refractivity contribution in [2.75, 3.05) is 146 Å². The van der Waals surface area contributed by atoms with Gasteiger partial charge in [0.25, 0.3) is 0 Å². The predicted octanol–water partition coefficient (Wildman–Crippen LogP) is 7.50. The zero-order valence-corrected chi connectivity index (χ0v) is 46.4. The van der Waals surface area contributed by atoms with Crippen molar-refractivity contribution in [2.24, 2.45) is 10.2 Å². The Morgan fingerprint density at radius 3 is 1.60 bits per heavy atom. The van der Waals surface area contributed by atoms with Crippen molar-refractivity contribution >= 4 is 127 Å². The Morgan fingerprint density at radius 1 is 0.625 bits per heavy atom. The van der Waals surface area contributed by atoms with Crippen LogP contribution in [-0.2, 0) is 11.0 Å². The smallest absolute Gasteiger partial charge is 0.190 e. The SMILES string of the molecule is CSc1nc(Cl)c(/C=N\NN(C)SOc2cccc3c(N(C)C)cccc23)c(N2CC[N+]3(CC2)CC[N+]2(CCN(c4nc(SC)nc(Cl)c4/C=N\NS(=O)c4cccc5c(N(C)C)cccc45)CC2)CC3)n1. The predicted molar refractivity (Wildman–Crippen MR) is 302 cm³/mol. The summed E-state index contributed by atoms with van der Waals surface area (Å²) in [5.41, 5.74) is 6.50. The van der Waals surface area contributed by atoms with Crippen molar-refractivity contribution < 1.29 is 17.4 Å². The molecule has 6 aromatic rings. The van der Waals surface area contributed by atoms with Crippen LogP contribution >= 0.6 is 59.0 Å². The average Bonchev–Trinajstić information content (AvgIpc) is 3.39. The van der Waals surface area contributed by atoms with Gasteiger partial charge in [0.2, 0.25) is 0 Å². The van der Waals surface area contributed by atoms with Crippen LogP contribution in [0.5, 0.6) is 5.75 Å². The molecule has 1 unspecified atom stereocenters. The molecule has 2 N–H and O–H groups in total. The number of nitrogens with one attached hydrogen (secondary N) is 2. The first-order valence-corrected chi connectivity index (χ1v) is 28.7. The molecule has 1 atom stereocenters. The van der Waals surface area contributed by atoms with E-state index in [4.69, 9.17) is 37.4 Å². The largest absolute Gasteiger partial charge is 0.408 e.